The van der Waals surface area contributed by atoms with Gasteiger partial charge in [0.25, 0.3) is 0 Å². The molecule has 0 unspecified atom stereocenters. The predicted octanol–water partition coefficient (Wildman–Crippen LogP) is -0.522. The molecule has 1 aromatic carbocycles. The standard InChI is InChI=1S/C6H8O4Si/c7-11(8,9)10-6-4-2-1-3-5-6/h1-5,7-9H. The summed E-state index contributed by atoms with van der Waals surface area (Å²) in [5.41, 5.74) is 0. The Bertz CT molecular complexity index is 218. The van der Waals surface area contributed by atoms with E-state index in [1.165, 1.54) is 12.1 Å². The van der Waals surface area contributed by atoms with Crippen molar-refractivity contribution < 1.29 is 18.8 Å². The molecule has 0 spiro atoms. The summed E-state index contributed by atoms with van der Waals surface area (Å²) >= 11 is 0. The molecule has 0 saturated heterocycles. The molecule has 0 saturated carbocycles. The second-order valence-electron chi connectivity index (χ2n) is 1.99. The molecular weight excluding hydrogens is 164 g/mol. The van der Waals surface area contributed by atoms with Crippen molar-refractivity contribution in [1.29, 1.82) is 0 Å². The highest BCUT2D eigenvalue weighted by Crippen LogP contribution is 2.10. The highest BCUT2D eigenvalue weighted by atomic mass is 28.4. The number of hydrogen-bond acceptors (Lipinski definition) is 4. The van der Waals surface area contributed by atoms with E-state index in [-0.39, 0.29) is 5.75 Å². The molecule has 5 heteroatoms. The van der Waals surface area contributed by atoms with Crippen molar-refractivity contribution in [2.75, 3.05) is 0 Å². The van der Waals surface area contributed by atoms with Crippen LogP contribution in [0.2, 0.25) is 0 Å². The molecule has 0 bridgehead atoms. The van der Waals surface area contributed by atoms with Gasteiger partial charge in [-0.3, -0.25) is 0 Å². The van der Waals surface area contributed by atoms with E-state index in [9.17, 15) is 0 Å². The monoisotopic (exact) mass is 172 g/mol. The molecule has 0 atom stereocenters. The third-order valence-corrected chi connectivity index (χ3v) is 1.51. The number of rotatable bonds is 2. The first-order valence-electron chi connectivity index (χ1n) is 2.99. The Hall–Kier alpha value is -0.883. The fraction of sp³-hybridized carbons (Fsp3) is 0. The molecule has 1 aromatic rings. The molecule has 0 heterocycles. The molecule has 11 heavy (non-hydrogen) atoms. The summed E-state index contributed by atoms with van der Waals surface area (Å²) in [5.74, 6) is 0.242. The molecule has 0 amide bonds. The van der Waals surface area contributed by atoms with Crippen LogP contribution in [0.3, 0.4) is 0 Å². The first kappa shape index (κ1) is 8.22. The van der Waals surface area contributed by atoms with Crippen molar-refractivity contribution >= 4 is 9.05 Å². The van der Waals surface area contributed by atoms with Crippen LogP contribution in [-0.4, -0.2) is 23.4 Å². The normalized spacial score (nSPS) is 11.2. The van der Waals surface area contributed by atoms with Crippen LogP contribution < -0.4 is 4.43 Å². The molecule has 1 rings (SSSR count). The van der Waals surface area contributed by atoms with Crippen LogP contribution in [-0.2, 0) is 0 Å². The van der Waals surface area contributed by atoms with Crippen molar-refractivity contribution in [3.63, 3.8) is 0 Å². The fourth-order valence-corrected chi connectivity index (χ4v) is 1.10. The summed E-state index contributed by atoms with van der Waals surface area (Å²) < 4.78 is 4.41. The minimum absolute atomic E-state index is 0.242. The lowest BCUT2D eigenvalue weighted by Crippen LogP contribution is -2.42. The van der Waals surface area contributed by atoms with Gasteiger partial charge >= 0.3 is 9.05 Å². The first-order valence-corrected chi connectivity index (χ1v) is 4.74. The van der Waals surface area contributed by atoms with Crippen LogP contribution in [0.1, 0.15) is 0 Å². The van der Waals surface area contributed by atoms with Gasteiger partial charge in [-0.2, -0.15) is 0 Å². The molecule has 0 aliphatic carbocycles. The smallest absolute Gasteiger partial charge is 0.480 e. The zero-order valence-electron chi connectivity index (χ0n) is 5.64. The maximum absolute atomic E-state index is 8.50. The lowest BCUT2D eigenvalue weighted by Gasteiger charge is -2.10. The van der Waals surface area contributed by atoms with E-state index >= 15 is 0 Å². The molecule has 4 nitrogen and oxygen atoms in total. The van der Waals surface area contributed by atoms with Gasteiger partial charge < -0.3 is 18.8 Å². The highest BCUT2D eigenvalue weighted by Gasteiger charge is 2.33. The van der Waals surface area contributed by atoms with Crippen LogP contribution >= 0.6 is 0 Å². The number of benzene rings is 1. The van der Waals surface area contributed by atoms with Gasteiger partial charge in [0, 0.05) is 0 Å². The van der Waals surface area contributed by atoms with Gasteiger partial charge in [0.15, 0.2) is 0 Å². The summed E-state index contributed by atoms with van der Waals surface area (Å²) in [6, 6.07) is 8.11. The first-order chi connectivity index (χ1) is 5.08. The van der Waals surface area contributed by atoms with Crippen molar-refractivity contribution in [3.05, 3.63) is 30.3 Å². The zero-order chi connectivity index (χ0) is 8.32. The quantitative estimate of drug-likeness (QED) is 0.525. The minimum Gasteiger partial charge on any atom is -0.480 e. The number of para-hydroxylation sites is 1. The van der Waals surface area contributed by atoms with E-state index in [2.05, 4.69) is 4.43 Å². The van der Waals surface area contributed by atoms with Gasteiger partial charge in [0.2, 0.25) is 0 Å². The van der Waals surface area contributed by atoms with Crippen molar-refractivity contribution in [1.82, 2.24) is 0 Å². The molecule has 0 fully saturated rings. The Balaban J connectivity index is 2.66. The topological polar surface area (TPSA) is 69.9 Å². The molecule has 0 radical (unpaired) electrons. The Labute approximate surface area is 64.8 Å². The van der Waals surface area contributed by atoms with Crippen molar-refractivity contribution in [2.24, 2.45) is 0 Å². The van der Waals surface area contributed by atoms with Crippen molar-refractivity contribution in [3.8, 4) is 5.75 Å². The van der Waals surface area contributed by atoms with Crippen LogP contribution in [0.15, 0.2) is 30.3 Å². The second-order valence-corrected chi connectivity index (χ2v) is 3.34. The van der Waals surface area contributed by atoms with Crippen LogP contribution in [0.5, 0.6) is 5.75 Å². The van der Waals surface area contributed by atoms with Crippen LogP contribution in [0, 0.1) is 0 Å². The van der Waals surface area contributed by atoms with Crippen LogP contribution in [0.4, 0.5) is 0 Å². The lowest BCUT2D eigenvalue weighted by molar-refractivity contribution is 0.128. The maximum atomic E-state index is 8.50. The van der Waals surface area contributed by atoms with Gasteiger partial charge in [-0.25, -0.2) is 0 Å². The lowest BCUT2D eigenvalue weighted by atomic mass is 10.3. The Morgan fingerprint density at radius 1 is 1.00 bits per heavy atom. The Morgan fingerprint density at radius 3 is 2.00 bits per heavy atom. The highest BCUT2D eigenvalue weighted by molar-refractivity contribution is 6.49. The molecule has 0 aromatic heterocycles. The summed E-state index contributed by atoms with van der Waals surface area (Å²) in [5, 5.41) is 0. The summed E-state index contributed by atoms with van der Waals surface area (Å²) in [6.07, 6.45) is 0. The Kier molecular flexibility index (Phi) is 2.25. The zero-order valence-corrected chi connectivity index (χ0v) is 6.64. The fourth-order valence-electron chi connectivity index (χ4n) is 0.647. The van der Waals surface area contributed by atoms with Crippen molar-refractivity contribution in [2.45, 2.75) is 0 Å². The second kappa shape index (κ2) is 3.01. The SMILES string of the molecule is O[Si](O)(O)Oc1ccccc1. The molecule has 3 N–H and O–H groups in total. The van der Waals surface area contributed by atoms with Crippen LogP contribution in [0.25, 0.3) is 0 Å². The molecule has 0 aliphatic rings. The minimum atomic E-state index is -4.40. The summed E-state index contributed by atoms with van der Waals surface area (Å²) in [7, 11) is -4.40. The van der Waals surface area contributed by atoms with Gasteiger partial charge in [0.1, 0.15) is 5.75 Å². The third kappa shape index (κ3) is 3.15. The third-order valence-electron chi connectivity index (χ3n) is 0.998. The molecule has 0 aliphatic heterocycles. The Morgan fingerprint density at radius 2 is 1.55 bits per heavy atom. The van der Waals surface area contributed by atoms with E-state index < -0.39 is 9.05 Å². The van der Waals surface area contributed by atoms with Gasteiger partial charge in [0.05, 0.1) is 0 Å². The average Bonchev–Trinajstić information content (AvgIpc) is 1.85. The van der Waals surface area contributed by atoms with Gasteiger partial charge in [-0.1, -0.05) is 18.2 Å². The van der Waals surface area contributed by atoms with Gasteiger partial charge in [-0.05, 0) is 12.1 Å². The van der Waals surface area contributed by atoms with E-state index in [1.807, 2.05) is 0 Å². The van der Waals surface area contributed by atoms with E-state index in [0.717, 1.165) is 0 Å². The maximum Gasteiger partial charge on any atom is 0.741 e. The van der Waals surface area contributed by atoms with E-state index in [4.69, 9.17) is 14.4 Å². The molecular formula is C6H8O4Si. The largest absolute Gasteiger partial charge is 0.741 e. The van der Waals surface area contributed by atoms with E-state index in [1.54, 1.807) is 18.2 Å². The molecule has 60 valence electrons. The number of hydrogen-bond donors (Lipinski definition) is 3. The van der Waals surface area contributed by atoms with Gasteiger partial charge in [-0.15, -0.1) is 0 Å². The van der Waals surface area contributed by atoms with E-state index in [0.29, 0.717) is 0 Å². The average molecular weight is 172 g/mol. The predicted molar refractivity (Wildman–Crippen MR) is 39.5 cm³/mol. The summed E-state index contributed by atoms with van der Waals surface area (Å²) in [4.78, 5) is 25.5. The summed E-state index contributed by atoms with van der Waals surface area (Å²) in [6.45, 7) is 0.